The van der Waals surface area contributed by atoms with Crippen molar-refractivity contribution in [3.05, 3.63) is 11.8 Å². The Labute approximate surface area is 90.3 Å². The molecule has 1 amide bonds. The van der Waals surface area contributed by atoms with Crippen molar-refractivity contribution in [1.82, 2.24) is 10.2 Å². The van der Waals surface area contributed by atoms with Gasteiger partial charge in [-0.2, -0.15) is 0 Å². The quantitative estimate of drug-likeness (QED) is 0.682. The minimum atomic E-state index is -0.0291. The lowest BCUT2D eigenvalue weighted by Gasteiger charge is -2.24. The van der Waals surface area contributed by atoms with Gasteiger partial charge in [-0.1, -0.05) is 0 Å². The third kappa shape index (κ3) is 3.73. The van der Waals surface area contributed by atoms with Crippen molar-refractivity contribution in [3.8, 4) is 0 Å². The number of amides is 1. The molecule has 0 saturated heterocycles. The van der Waals surface area contributed by atoms with E-state index in [1.807, 2.05) is 25.2 Å². The fourth-order valence-electron chi connectivity index (χ4n) is 1.79. The fourth-order valence-corrected chi connectivity index (χ4v) is 1.79. The molecule has 0 aliphatic heterocycles. The second-order valence-corrected chi connectivity index (χ2v) is 4.18. The van der Waals surface area contributed by atoms with E-state index < -0.39 is 0 Å². The first-order chi connectivity index (χ1) is 6.99. The van der Waals surface area contributed by atoms with E-state index in [2.05, 4.69) is 5.32 Å². The Kier molecular flexibility index (Phi) is 3.88. The van der Waals surface area contributed by atoms with E-state index >= 15 is 0 Å². The maximum absolute atomic E-state index is 11.6. The van der Waals surface area contributed by atoms with Crippen LogP contribution in [0.25, 0.3) is 0 Å². The summed E-state index contributed by atoms with van der Waals surface area (Å²) in [5, 5.41) is 2.85. The molecule has 0 radical (unpaired) electrons. The first kappa shape index (κ1) is 11.8. The number of rotatable bonds is 2. The van der Waals surface area contributed by atoms with Crippen molar-refractivity contribution in [2.75, 3.05) is 14.1 Å². The van der Waals surface area contributed by atoms with Gasteiger partial charge in [0.15, 0.2) is 5.78 Å². The van der Waals surface area contributed by atoms with Crippen LogP contribution >= 0.6 is 0 Å². The Morgan fingerprint density at radius 3 is 2.73 bits per heavy atom. The standard InChI is InChI=1S/C11H18N2O2/c1-8(14)12-10-4-5-11(15)9(6-10)7-13(2)3/h7,10H,4-6H2,1-3H3,(H,12,14). The molecule has 84 valence electrons. The molecule has 1 atom stereocenters. The molecule has 1 fully saturated rings. The van der Waals surface area contributed by atoms with Crippen LogP contribution in [0, 0.1) is 0 Å². The van der Waals surface area contributed by atoms with Gasteiger partial charge in [-0.05, 0) is 12.8 Å². The van der Waals surface area contributed by atoms with Gasteiger partial charge in [-0.15, -0.1) is 0 Å². The molecular formula is C11H18N2O2. The predicted octanol–water partition coefficient (Wildman–Crippen LogP) is 0.690. The van der Waals surface area contributed by atoms with Gasteiger partial charge in [-0.25, -0.2) is 0 Å². The van der Waals surface area contributed by atoms with Crippen molar-refractivity contribution in [2.45, 2.75) is 32.2 Å². The fraction of sp³-hybridized carbons (Fsp3) is 0.636. The van der Waals surface area contributed by atoms with E-state index in [0.717, 1.165) is 12.0 Å². The summed E-state index contributed by atoms with van der Waals surface area (Å²) in [4.78, 5) is 24.3. The highest BCUT2D eigenvalue weighted by molar-refractivity contribution is 5.96. The number of Topliss-reactive ketones (excluding diaryl/α,β-unsaturated/α-hetero) is 1. The molecule has 0 spiro atoms. The number of nitrogens with one attached hydrogen (secondary N) is 1. The first-order valence-electron chi connectivity index (χ1n) is 5.16. The van der Waals surface area contributed by atoms with Gasteiger partial charge in [0, 0.05) is 45.3 Å². The normalized spacial score (nSPS) is 24.1. The van der Waals surface area contributed by atoms with Gasteiger partial charge in [-0.3, -0.25) is 9.59 Å². The zero-order chi connectivity index (χ0) is 11.4. The second-order valence-electron chi connectivity index (χ2n) is 4.18. The number of carbonyl (C=O) groups is 2. The summed E-state index contributed by atoms with van der Waals surface area (Å²) >= 11 is 0. The molecule has 1 aliphatic carbocycles. The molecule has 15 heavy (non-hydrogen) atoms. The second kappa shape index (κ2) is 4.96. The lowest BCUT2D eigenvalue weighted by Crippen LogP contribution is -2.37. The van der Waals surface area contributed by atoms with Gasteiger partial charge in [0.25, 0.3) is 0 Å². The van der Waals surface area contributed by atoms with Crippen molar-refractivity contribution in [2.24, 2.45) is 0 Å². The van der Waals surface area contributed by atoms with E-state index in [-0.39, 0.29) is 17.7 Å². The molecule has 1 rings (SSSR count). The van der Waals surface area contributed by atoms with Crippen LogP contribution in [0.4, 0.5) is 0 Å². The van der Waals surface area contributed by atoms with E-state index in [1.165, 1.54) is 6.92 Å². The first-order valence-corrected chi connectivity index (χ1v) is 5.16. The van der Waals surface area contributed by atoms with Crippen molar-refractivity contribution in [1.29, 1.82) is 0 Å². The SMILES string of the molecule is CC(=O)NC1CCC(=O)C(=CN(C)C)C1. The zero-order valence-electron chi connectivity index (χ0n) is 9.54. The number of nitrogens with zero attached hydrogens (tertiary/aromatic N) is 1. The van der Waals surface area contributed by atoms with Gasteiger partial charge in [0.05, 0.1) is 0 Å². The molecule has 0 aromatic heterocycles. The smallest absolute Gasteiger partial charge is 0.217 e. The van der Waals surface area contributed by atoms with E-state index in [0.29, 0.717) is 12.8 Å². The summed E-state index contributed by atoms with van der Waals surface area (Å²) in [6.45, 7) is 1.51. The summed E-state index contributed by atoms with van der Waals surface area (Å²) in [7, 11) is 3.78. The van der Waals surface area contributed by atoms with E-state index in [1.54, 1.807) is 0 Å². The van der Waals surface area contributed by atoms with Crippen LogP contribution in [0.2, 0.25) is 0 Å². The van der Waals surface area contributed by atoms with Gasteiger partial charge >= 0.3 is 0 Å². The average molecular weight is 210 g/mol. The largest absolute Gasteiger partial charge is 0.383 e. The molecule has 1 unspecified atom stereocenters. The van der Waals surface area contributed by atoms with Crippen LogP contribution in [-0.4, -0.2) is 36.7 Å². The molecule has 0 bridgehead atoms. The van der Waals surface area contributed by atoms with Crippen molar-refractivity contribution >= 4 is 11.7 Å². The molecule has 1 N–H and O–H groups in total. The minimum absolute atomic E-state index is 0.0291. The number of ketones is 1. The molecule has 1 saturated carbocycles. The molecular weight excluding hydrogens is 192 g/mol. The lowest BCUT2D eigenvalue weighted by atomic mass is 9.90. The summed E-state index contributed by atoms with van der Waals surface area (Å²) < 4.78 is 0. The Bertz CT molecular complexity index is 295. The average Bonchev–Trinajstić information content (AvgIpc) is 2.09. The summed E-state index contributed by atoms with van der Waals surface area (Å²) in [6.07, 6.45) is 3.78. The van der Waals surface area contributed by atoms with Gasteiger partial charge < -0.3 is 10.2 Å². The van der Waals surface area contributed by atoms with Crippen molar-refractivity contribution < 1.29 is 9.59 Å². The molecule has 4 heteroatoms. The number of hydrogen-bond donors (Lipinski definition) is 1. The molecule has 0 aromatic carbocycles. The van der Waals surface area contributed by atoms with Gasteiger partial charge in [0.1, 0.15) is 0 Å². The molecule has 0 heterocycles. The van der Waals surface area contributed by atoms with Crippen LogP contribution < -0.4 is 5.32 Å². The van der Waals surface area contributed by atoms with Crippen molar-refractivity contribution in [3.63, 3.8) is 0 Å². The molecule has 0 aromatic rings. The topological polar surface area (TPSA) is 49.4 Å². The third-order valence-corrected chi connectivity index (χ3v) is 2.37. The lowest BCUT2D eigenvalue weighted by molar-refractivity contribution is -0.121. The summed E-state index contributed by atoms with van der Waals surface area (Å²) in [6, 6.07) is 0.117. The summed E-state index contributed by atoms with van der Waals surface area (Å²) in [5.41, 5.74) is 0.810. The molecule has 4 nitrogen and oxygen atoms in total. The Hall–Kier alpha value is -1.32. The zero-order valence-corrected chi connectivity index (χ0v) is 9.54. The highest BCUT2D eigenvalue weighted by atomic mass is 16.1. The maximum atomic E-state index is 11.6. The third-order valence-electron chi connectivity index (χ3n) is 2.37. The van der Waals surface area contributed by atoms with Crippen LogP contribution in [0.15, 0.2) is 11.8 Å². The Balaban J connectivity index is 2.64. The highest BCUT2D eigenvalue weighted by Gasteiger charge is 2.23. The van der Waals surface area contributed by atoms with E-state index in [4.69, 9.17) is 0 Å². The summed E-state index contributed by atoms with van der Waals surface area (Å²) in [5.74, 6) is 0.170. The van der Waals surface area contributed by atoms with Gasteiger partial charge in [0.2, 0.25) is 5.91 Å². The predicted molar refractivity (Wildman–Crippen MR) is 58.2 cm³/mol. The maximum Gasteiger partial charge on any atom is 0.217 e. The van der Waals surface area contributed by atoms with Crippen LogP contribution in [0.5, 0.6) is 0 Å². The highest BCUT2D eigenvalue weighted by Crippen LogP contribution is 2.20. The van der Waals surface area contributed by atoms with Crippen LogP contribution in [0.1, 0.15) is 26.2 Å². The Morgan fingerprint density at radius 1 is 1.53 bits per heavy atom. The number of hydrogen-bond acceptors (Lipinski definition) is 3. The minimum Gasteiger partial charge on any atom is -0.383 e. The Morgan fingerprint density at radius 2 is 2.20 bits per heavy atom. The van der Waals surface area contributed by atoms with Crippen LogP contribution in [-0.2, 0) is 9.59 Å². The van der Waals surface area contributed by atoms with Crippen LogP contribution in [0.3, 0.4) is 0 Å². The molecule has 1 aliphatic rings. The van der Waals surface area contributed by atoms with E-state index in [9.17, 15) is 9.59 Å². The monoisotopic (exact) mass is 210 g/mol. The number of carbonyl (C=O) groups excluding carboxylic acids is 2.